The Labute approximate surface area is 234 Å². The lowest BCUT2D eigenvalue weighted by Gasteiger charge is -2.26. The van der Waals surface area contributed by atoms with Crippen molar-refractivity contribution in [2.45, 2.75) is 13.8 Å². The highest BCUT2D eigenvalue weighted by Crippen LogP contribution is 2.38. The molecule has 0 radical (unpaired) electrons. The van der Waals surface area contributed by atoms with Crippen LogP contribution in [-0.4, -0.2) is 20.1 Å². The van der Waals surface area contributed by atoms with Gasteiger partial charge in [0.25, 0.3) is 0 Å². The minimum absolute atomic E-state index is 0.198. The van der Waals surface area contributed by atoms with E-state index in [2.05, 4.69) is 52.3 Å². The van der Waals surface area contributed by atoms with Crippen molar-refractivity contribution in [3.8, 4) is 39.4 Å². The summed E-state index contributed by atoms with van der Waals surface area (Å²) < 4.78 is 0. The van der Waals surface area contributed by atoms with Gasteiger partial charge in [-0.2, -0.15) is 0 Å². The number of benzene rings is 3. The van der Waals surface area contributed by atoms with Gasteiger partial charge in [-0.15, -0.1) is 0 Å². The molecule has 1 N–H and O–H groups in total. The fraction of sp³-hybridized carbons (Fsp3) is 0.0571. The summed E-state index contributed by atoms with van der Waals surface area (Å²) in [6.07, 6.45) is 1.80. The first kappa shape index (κ1) is 25.0. The van der Waals surface area contributed by atoms with Crippen LogP contribution in [0.25, 0.3) is 33.6 Å². The van der Waals surface area contributed by atoms with Gasteiger partial charge in [-0.05, 0) is 85.6 Å². The number of phenolic OH excluding ortho intramolecular Hbond substituents is 1. The van der Waals surface area contributed by atoms with Crippen LogP contribution in [0.2, 0.25) is 0 Å². The molecule has 194 valence electrons. The Hall–Kier alpha value is -5.29. The fourth-order valence-electron chi connectivity index (χ4n) is 4.90. The van der Waals surface area contributed by atoms with E-state index < -0.39 is 0 Å². The highest BCUT2D eigenvalue weighted by molar-refractivity contribution is 5.82. The first-order valence-electron chi connectivity index (χ1n) is 13.2. The molecule has 0 atom stereocenters. The van der Waals surface area contributed by atoms with Gasteiger partial charge in [0.1, 0.15) is 11.6 Å². The lowest BCUT2D eigenvalue weighted by Crippen LogP contribution is -2.13. The number of aromatic nitrogens is 3. The molecular weight excluding hydrogens is 492 g/mol. The number of phenols is 1. The third-order valence-corrected chi connectivity index (χ3v) is 6.83. The average Bonchev–Trinajstić information content (AvgIpc) is 3.00. The molecule has 5 heteroatoms. The zero-order valence-corrected chi connectivity index (χ0v) is 22.4. The second kappa shape index (κ2) is 10.8. The number of hydrogen-bond acceptors (Lipinski definition) is 5. The summed E-state index contributed by atoms with van der Waals surface area (Å²) >= 11 is 0. The summed E-state index contributed by atoms with van der Waals surface area (Å²) in [5.74, 6) is 0.998. The van der Waals surface area contributed by atoms with Crippen molar-refractivity contribution in [3.63, 3.8) is 0 Å². The molecule has 3 aromatic carbocycles. The second-order valence-corrected chi connectivity index (χ2v) is 9.64. The number of pyridine rings is 3. The van der Waals surface area contributed by atoms with Crippen molar-refractivity contribution >= 4 is 17.2 Å². The lowest BCUT2D eigenvalue weighted by atomic mass is 9.99. The van der Waals surface area contributed by atoms with Crippen molar-refractivity contribution in [3.05, 3.63) is 139 Å². The van der Waals surface area contributed by atoms with Crippen LogP contribution in [0, 0.1) is 13.8 Å². The van der Waals surface area contributed by atoms with Crippen LogP contribution in [-0.2, 0) is 0 Å². The van der Waals surface area contributed by atoms with Crippen molar-refractivity contribution in [2.24, 2.45) is 0 Å². The molecule has 0 aliphatic rings. The maximum absolute atomic E-state index is 10.6. The van der Waals surface area contributed by atoms with Crippen LogP contribution in [0.3, 0.4) is 0 Å². The standard InChI is InChI=1S/C35H28N4O/c1-24-18-19-33(25(2)37-24)39(35-17-8-9-20-36-35)29-14-10-13-27(21-29)31-22-28(26-11-4-3-5-12-26)23-32(38-31)30-15-6-7-16-34(30)40/h3-23,40H,1-2H3. The Morgan fingerprint density at radius 1 is 0.600 bits per heavy atom. The molecule has 0 saturated heterocycles. The molecule has 5 nitrogen and oxygen atoms in total. The molecule has 0 aliphatic heterocycles. The maximum atomic E-state index is 10.6. The molecule has 0 unspecified atom stereocenters. The number of aryl methyl sites for hydroxylation is 2. The molecule has 0 aliphatic carbocycles. The molecule has 0 amide bonds. The van der Waals surface area contributed by atoms with Gasteiger partial charge in [-0.1, -0.05) is 60.7 Å². The number of nitrogens with zero attached hydrogens (tertiary/aromatic N) is 4. The van der Waals surface area contributed by atoms with Gasteiger partial charge in [-0.25, -0.2) is 9.97 Å². The van der Waals surface area contributed by atoms with Crippen LogP contribution < -0.4 is 4.90 Å². The number of para-hydroxylation sites is 1. The van der Waals surface area contributed by atoms with E-state index in [9.17, 15) is 5.11 Å². The van der Waals surface area contributed by atoms with Gasteiger partial charge in [0.2, 0.25) is 0 Å². The quantitative estimate of drug-likeness (QED) is 0.238. The first-order chi connectivity index (χ1) is 19.6. The van der Waals surface area contributed by atoms with E-state index in [4.69, 9.17) is 9.97 Å². The third kappa shape index (κ3) is 5.05. The molecule has 0 bridgehead atoms. The Bertz CT molecular complexity index is 1790. The summed E-state index contributed by atoms with van der Waals surface area (Å²) in [6.45, 7) is 4.02. The maximum Gasteiger partial charge on any atom is 0.137 e. The number of hydrogen-bond donors (Lipinski definition) is 1. The molecule has 0 saturated carbocycles. The highest BCUT2D eigenvalue weighted by atomic mass is 16.3. The predicted molar refractivity (Wildman–Crippen MR) is 162 cm³/mol. The fourth-order valence-corrected chi connectivity index (χ4v) is 4.90. The van der Waals surface area contributed by atoms with E-state index >= 15 is 0 Å². The number of aromatic hydroxyl groups is 1. The summed E-state index contributed by atoms with van der Waals surface area (Å²) in [7, 11) is 0. The van der Waals surface area contributed by atoms with Gasteiger partial charge in [-0.3, -0.25) is 9.88 Å². The largest absolute Gasteiger partial charge is 0.507 e. The molecule has 6 aromatic rings. The van der Waals surface area contributed by atoms with Crippen molar-refractivity contribution in [1.82, 2.24) is 15.0 Å². The first-order valence-corrected chi connectivity index (χ1v) is 13.2. The van der Waals surface area contributed by atoms with Crippen LogP contribution in [0.15, 0.2) is 128 Å². The van der Waals surface area contributed by atoms with E-state index in [1.54, 1.807) is 12.3 Å². The van der Waals surface area contributed by atoms with Gasteiger partial charge >= 0.3 is 0 Å². The summed E-state index contributed by atoms with van der Waals surface area (Å²) in [6, 6.07) is 40.0. The SMILES string of the molecule is Cc1ccc(N(c2cccc(-c3cc(-c4ccccc4)cc(-c4ccccc4O)n3)c2)c2ccccn2)c(C)n1. The van der Waals surface area contributed by atoms with Crippen molar-refractivity contribution in [2.75, 3.05) is 4.90 Å². The molecule has 3 aromatic heterocycles. The average molecular weight is 521 g/mol. The zero-order chi connectivity index (χ0) is 27.5. The molecule has 3 heterocycles. The molecule has 0 spiro atoms. The highest BCUT2D eigenvalue weighted by Gasteiger charge is 2.18. The third-order valence-electron chi connectivity index (χ3n) is 6.83. The van der Waals surface area contributed by atoms with Crippen LogP contribution in [0.1, 0.15) is 11.4 Å². The van der Waals surface area contributed by atoms with E-state index in [1.807, 2.05) is 86.6 Å². The van der Waals surface area contributed by atoms with E-state index in [0.29, 0.717) is 11.3 Å². The van der Waals surface area contributed by atoms with Crippen molar-refractivity contribution < 1.29 is 5.11 Å². The number of rotatable bonds is 6. The summed E-state index contributed by atoms with van der Waals surface area (Å²) in [5, 5.41) is 10.6. The van der Waals surface area contributed by atoms with Crippen molar-refractivity contribution in [1.29, 1.82) is 0 Å². The lowest BCUT2D eigenvalue weighted by molar-refractivity contribution is 0.477. The Morgan fingerprint density at radius 3 is 2.12 bits per heavy atom. The normalized spacial score (nSPS) is 10.8. The van der Waals surface area contributed by atoms with Gasteiger partial charge in [0.15, 0.2) is 0 Å². The topological polar surface area (TPSA) is 62.1 Å². The molecule has 6 rings (SSSR count). The van der Waals surface area contributed by atoms with E-state index in [1.165, 1.54) is 0 Å². The van der Waals surface area contributed by atoms with E-state index in [0.717, 1.165) is 51.0 Å². The Morgan fingerprint density at radius 2 is 1.35 bits per heavy atom. The minimum Gasteiger partial charge on any atom is -0.507 e. The van der Waals surface area contributed by atoms with Crippen LogP contribution in [0.5, 0.6) is 5.75 Å². The van der Waals surface area contributed by atoms with Crippen LogP contribution in [0.4, 0.5) is 17.2 Å². The molecule has 0 fully saturated rings. The van der Waals surface area contributed by atoms with Gasteiger partial charge in [0, 0.05) is 28.7 Å². The smallest absolute Gasteiger partial charge is 0.137 e. The van der Waals surface area contributed by atoms with Gasteiger partial charge in [0.05, 0.1) is 22.8 Å². The van der Waals surface area contributed by atoms with E-state index in [-0.39, 0.29) is 5.75 Å². The van der Waals surface area contributed by atoms with Crippen LogP contribution >= 0.6 is 0 Å². The predicted octanol–water partition coefficient (Wildman–Crippen LogP) is 8.66. The molecular formula is C35H28N4O. The zero-order valence-electron chi connectivity index (χ0n) is 22.4. The summed E-state index contributed by atoms with van der Waals surface area (Å²) in [5.41, 5.74) is 9.05. The number of anilines is 3. The Balaban J connectivity index is 1.53. The summed E-state index contributed by atoms with van der Waals surface area (Å²) in [4.78, 5) is 16.5. The second-order valence-electron chi connectivity index (χ2n) is 9.64. The Kier molecular flexibility index (Phi) is 6.77. The minimum atomic E-state index is 0.198. The monoisotopic (exact) mass is 520 g/mol. The molecule has 40 heavy (non-hydrogen) atoms. The van der Waals surface area contributed by atoms with Gasteiger partial charge < -0.3 is 5.11 Å².